The van der Waals surface area contributed by atoms with E-state index in [1.807, 2.05) is 12.1 Å². The van der Waals surface area contributed by atoms with Crippen LogP contribution >= 0.6 is 11.6 Å². The minimum Gasteiger partial charge on any atom is -0.455 e. The topological polar surface area (TPSA) is 108 Å². The van der Waals surface area contributed by atoms with Crippen LogP contribution in [0, 0.1) is 11.3 Å². The third-order valence-electron chi connectivity index (χ3n) is 4.65. The molecule has 2 N–H and O–H groups in total. The Morgan fingerprint density at radius 3 is 2.27 bits per heavy atom. The summed E-state index contributed by atoms with van der Waals surface area (Å²) in [7, 11) is 0. The van der Waals surface area contributed by atoms with Crippen molar-refractivity contribution in [3.63, 3.8) is 0 Å². The first-order chi connectivity index (χ1) is 16.0. The molecule has 7 nitrogen and oxygen atoms in total. The first-order valence-corrected chi connectivity index (χ1v) is 10.4. The summed E-state index contributed by atoms with van der Waals surface area (Å²) in [4.78, 5) is 37.2. The summed E-state index contributed by atoms with van der Waals surface area (Å²) >= 11 is 5.95. The Morgan fingerprint density at radius 2 is 1.64 bits per heavy atom. The molecule has 0 saturated carbocycles. The molecular weight excluding hydrogens is 442 g/mol. The Balaban J connectivity index is 1.59. The number of esters is 1. The first-order valence-electron chi connectivity index (χ1n) is 10.0. The predicted molar refractivity (Wildman–Crippen MR) is 123 cm³/mol. The van der Waals surface area contributed by atoms with Crippen molar-refractivity contribution < 1.29 is 19.1 Å². The SMILES string of the molecule is N#Cc1ccc(NC(=O)COC(=O)C[C@H](NC(=O)c2ccccc2)c2ccccc2)cc1Cl. The normalized spacial score (nSPS) is 11.0. The van der Waals surface area contributed by atoms with Gasteiger partial charge in [0.2, 0.25) is 0 Å². The molecule has 3 rings (SSSR count). The van der Waals surface area contributed by atoms with Crippen molar-refractivity contribution in [1.29, 1.82) is 5.26 Å². The highest BCUT2D eigenvalue weighted by atomic mass is 35.5. The van der Waals surface area contributed by atoms with Crippen molar-refractivity contribution in [2.45, 2.75) is 12.5 Å². The molecule has 0 unspecified atom stereocenters. The number of amides is 2. The van der Waals surface area contributed by atoms with E-state index in [4.69, 9.17) is 21.6 Å². The zero-order chi connectivity index (χ0) is 23.6. The van der Waals surface area contributed by atoms with Crippen LogP contribution in [-0.4, -0.2) is 24.4 Å². The molecule has 3 aromatic rings. The van der Waals surface area contributed by atoms with Gasteiger partial charge in [0, 0.05) is 11.3 Å². The number of carbonyl (C=O) groups is 3. The Hall–Kier alpha value is -4.15. The van der Waals surface area contributed by atoms with Gasteiger partial charge in [-0.25, -0.2) is 0 Å². The van der Waals surface area contributed by atoms with Gasteiger partial charge in [-0.15, -0.1) is 0 Å². The van der Waals surface area contributed by atoms with Gasteiger partial charge in [0.05, 0.1) is 23.0 Å². The zero-order valence-electron chi connectivity index (χ0n) is 17.5. The summed E-state index contributed by atoms with van der Waals surface area (Å²) in [6.45, 7) is -0.509. The van der Waals surface area contributed by atoms with Crippen LogP contribution in [0.5, 0.6) is 0 Å². The molecule has 0 radical (unpaired) electrons. The van der Waals surface area contributed by atoms with Crippen molar-refractivity contribution in [3.05, 3.63) is 101 Å². The maximum absolute atomic E-state index is 12.6. The lowest BCUT2D eigenvalue weighted by molar-refractivity contribution is -0.147. The number of hydrogen-bond acceptors (Lipinski definition) is 5. The van der Waals surface area contributed by atoms with E-state index < -0.39 is 24.5 Å². The van der Waals surface area contributed by atoms with Crippen molar-refractivity contribution in [3.8, 4) is 6.07 Å². The molecule has 3 aromatic carbocycles. The fraction of sp³-hybridized carbons (Fsp3) is 0.120. The van der Waals surface area contributed by atoms with Crippen LogP contribution in [0.1, 0.15) is 33.9 Å². The molecule has 0 aromatic heterocycles. The van der Waals surface area contributed by atoms with Gasteiger partial charge in [-0.1, -0.05) is 60.1 Å². The maximum Gasteiger partial charge on any atom is 0.308 e. The number of anilines is 1. The number of nitrogens with zero attached hydrogens (tertiary/aromatic N) is 1. The molecule has 2 amide bonds. The van der Waals surface area contributed by atoms with E-state index in [1.54, 1.807) is 54.6 Å². The zero-order valence-corrected chi connectivity index (χ0v) is 18.2. The van der Waals surface area contributed by atoms with Crippen molar-refractivity contribution in [2.24, 2.45) is 0 Å². The van der Waals surface area contributed by atoms with E-state index >= 15 is 0 Å². The molecule has 0 aliphatic rings. The van der Waals surface area contributed by atoms with Crippen LogP contribution in [0.15, 0.2) is 78.9 Å². The van der Waals surface area contributed by atoms with Crippen LogP contribution < -0.4 is 10.6 Å². The number of benzene rings is 3. The molecule has 0 aliphatic carbocycles. The summed E-state index contributed by atoms with van der Waals surface area (Å²) in [5.74, 6) is -1.54. The second kappa shape index (κ2) is 11.5. The highest BCUT2D eigenvalue weighted by molar-refractivity contribution is 6.32. The van der Waals surface area contributed by atoms with Gasteiger partial charge in [-0.05, 0) is 35.9 Å². The molecule has 8 heteroatoms. The summed E-state index contributed by atoms with van der Waals surface area (Å²) in [6.07, 6.45) is -0.154. The molecule has 0 bridgehead atoms. The molecule has 0 saturated heterocycles. The summed E-state index contributed by atoms with van der Waals surface area (Å²) in [6, 6.07) is 23.4. The lowest BCUT2D eigenvalue weighted by Crippen LogP contribution is -2.31. The van der Waals surface area contributed by atoms with E-state index in [-0.39, 0.29) is 22.9 Å². The fourth-order valence-corrected chi connectivity index (χ4v) is 3.24. The van der Waals surface area contributed by atoms with Gasteiger partial charge >= 0.3 is 5.97 Å². The van der Waals surface area contributed by atoms with E-state index in [2.05, 4.69) is 10.6 Å². The molecule has 33 heavy (non-hydrogen) atoms. The van der Waals surface area contributed by atoms with Gasteiger partial charge in [-0.3, -0.25) is 14.4 Å². The number of nitrogens with one attached hydrogen (secondary N) is 2. The molecule has 166 valence electrons. The van der Waals surface area contributed by atoms with E-state index in [1.165, 1.54) is 18.2 Å². The van der Waals surface area contributed by atoms with Gasteiger partial charge in [-0.2, -0.15) is 5.26 Å². The van der Waals surface area contributed by atoms with Crippen LogP contribution in [0.3, 0.4) is 0 Å². The van der Waals surface area contributed by atoms with Crippen LogP contribution in [0.25, 0.3) is 0 Å². The number of ether oxygens (including phenoxy) is 1. The monoisotopic (exact) mass is 461 g/mol. The van der Waals surface area contributed by atoms with Crippen LogP contribution in [0.4, 0.5) is 5.69 Å². The molecule has 0 spiro atoms. The lowest BCUT2D eigenvalue weighted by atomic mass is 10.0. The number of rotatable bonds is 8. The van der Waals surface area contributed by atoms with Gasteiger partial charge in [0.1, 0.15) is 6.07 Å². The minimum atomic E-state index is -0.648. The number of halogens is 1. The highest BCUT2D eigenvalue weighted by Gasteiger charge is 2.20. The van der Waals surface area contributed by atoms with Crippen molar-refractivity contribution in [1.82, 2.24) is 5.32 Å². The Morgan fingerprint density at radius 1 is 0.970 bits per heavy atom. The van der Waals surface area contributed by atoms with E-state index in [0.29, 0.717) is 11.3 Å². The third-order valence-corrected chi connectivity index (χ3v) is 4.96. The Bertz CT molecular complexity index is 1180. The number of nitriles is 1. The van der Waals surface area contributed by atoms with E-state index in [0.717, 1.165) is 5.56 Å². The van der Waals surface area contributed by atoms with Crippen molar-refractivity contribution >= 4 is 35.1 Å². The molecule has 0 heterocycles. The third kappa shape index (κ3) is 6.92. The lowest BCUT2D eigenvalue weighted by Gasteiger charge is -2.19. The molecule has 0 fully saturated rings. The minimum absolute atomic E-state index is 0.154. The average molecular weight is 462 g/mol. The summed E-state index contributed by atoms with van der Waals surface area (Å²) in [5.41, 5.74) is 1.85. The number of carbonyl (C=O) groups excluding carboxylic acids is 3. The Kier molecular flexibility index (Phi) is 8.17. The molecule has 0 aliphatic heterocycles. The van der Waals surface area contributed by atoms with Crippen LogP contribution in [-0.2, 0) is 14.3 Å². The molecule has 1 atom stereocenters. The summed E-state index contributed by atoms with van der Waals surface area (Å²) in [5, 5.41) is 14.5. The number of hydrogen-bond donors (Lipinski definition) is 2. The molecular formula is C25H20ClN3O4. The highest BCUT2D eigenvalue weighted by Crippen LogP contribution is 2.21. The van der Waals surface area contributed by atoms with Crippen molar-refractivity contribution in [2.75, 3.05) is 11.9 Å². The standard InChI is InChI=1S/C25H20ClN3O4/c26-21-13-20(12-11-19(21)15-27)28-23(30)16-33-24(31)14-22(17-7-3-1-4-8-17)29-25(32)18-9-5-2-6-10-18/h1-13,22H,14,16H2,(H,28,30)(H,29,32)/t22-/m0/s1. The predicted octanol–water partition coefficient (Wildman–Crippen LogP) is 4.25. The van der Waals surface area contributed by atoms with Gasteiger partial charge in [0.15, 0.2) is 6.61 Å². The van der Waals surface area contributed by atoms with E-state index in [9.17, 15) is 14.4 Å². The first kappa shape index (κ1) is 23.5. The fourth-order valence-electron chi connectivity index (χ4n) is 3.02. The average Bonchev–Trinajstić information content (AvgIpc) is 2.83. The quantitative estimate of drug-likeness (QED) is 0.487. The second-order valence-electron chi connectivity index (χ2n) is 7.02. The van der Waals surface area contributed by atoms with Gasteiger partial charge < -0.3 is 15.4 Å². The smallest absolute Gasteiger partial charge is 0.308 e. The maximum atomic E-state index is 12.6. The Labute approximate surface area is 195 Å². The largest absolute Gasteiger partial charge is 0.455 e. The second-order valence-corrected chi connectivity index (χ2v) is 7.43. The van der Waals surface area contributed by atoms with Gasteiger partial charge in [0.25, 0.3) is 11.8 Å². The summed E-state index contributed by atoms with van der Waals surface area (Å²) < 4.78 is 5.10. The van der Waals surface area contributed by atoms with Crippen LogP contribution in [0.2, 0.25) is 5.02 Å².